The Hall–Kier alpha value is -2.88. The molecule has 0 radical (unpaired) electrons. The van der Waals surface area contributed by atoms with E-state index < -0.39 is 17.2 Å². The highest BCUT2D eigenvalue weighted by Crippen LogP contribution is 2.27. The maximum absolute atomic E-state index is 12.5. The van der Waals surface area contributed by atoms with Crippen LogP contribution in [0.3, 0.4) is 0 Å². The monoisotopic (exact) mass is 388 g/mol. The lowest BCUT2D eigenvalue weighted by atomic mass is 9.98. The fraction of sp³-hybridized carbons (Fsp3) is 0.412. The van der Waals surface area contributed by atoms with E-state index in [4.69, 9.17) is 0 Å². The number of carbonyl (C=O) groups excluding carboxylic acids is 1. The fourth-order valence-corrected chi connectivity index (χ4v) is 3.27. The maximum Gasteiger partial charge on any atom is 0.329 e. The van der Waals surface area contributed by atoms with E-state index in [2.05, 4.69) is 25.5 Å². The van der Waals surface area contributed by atoms with Crippen molar-refractivity contribution >= 4 is 33.4 Å². The maximum atomic E-state index is 12.5. The summed E-state index contributed by atoms with van der Waals surface area (Å²) in [5, 5.41) is 12.1. The third kappa shape index (κ3) is 3.80. The Morgan fingerprint density at radius 2 is 2.04 bits per heavy atom. The van der Waals surface area contributed by atoms with E-state index in [1.54, 1.807) is 0 Å². The molecule has 0 atom stereocenters. The first kappa shape index (κ1) is 18.9. The Kier molecular flexibility index (Phi) is 4.92. The van der Waals surface area contributed by atoms with Crippen molar-refractivity contribution in [3.05, 3.63) is 43.7 Å². The van der Waals surface area contributed by atoms with Gasteiger partial charge in [-0.2, -0.15) is 0 Å². The van der Waals surface area contributed by atoms with Crippen LogP contribution < -0.4 is 16.6 Å². The molecule has 0 aromatic carbocycles. The van der Waals surface area contributed by atoms with Gasteiger partial charge >= 0.3 is 5.69 Å². The van der Waals surface area contributed by atoms with Crippen molar-refractivity contribution in [1.29, 1.82) is 0 Å². The minimum Gasteiger partial charge on any atom is -0.296 e. The first-order chi connectivity index (χ1) is 12.7. The van der Waals surface area contributed by atoms with Gasteiger partial charge in [-0.3, -0.25) is 24.5 Å². The standard InChI is InChI=1S/C17H20N6O3S/c1-5-6-23-11-10(13(25)20-16(23)26)7-9(8-18-11)12(24)19-15-22-21-14(27-15)17(2,3)4/h7-8H,5-6H2,1-4H3,(H,19,22,24)(H,20,25,26). The Balaban J connectivity index is 1.95. The Morgan fingerprint density at radius 3 is 2.67 bits per heavy atom. The Morgan fingerprint density at radius 1 is 1.30 bits per heavy atom. The van der Waals surface area contributed by atoms with Crippen molar-refractivity contribution in [1.82, 2.24) is 24.7 Å². The third-order valence-electron chi connectivity index (χ3n) is 3.83. The van der Waals surface area contributed by atoms with Crippen molar-refractivity contribution < 1.29 is 4.79 Å². The van der Waals surface area contributed by atoms with Gasteiger partial charge in [-0.05, 0) is 12.5 Å². The van der Waals surface area contributed by atoms with E-state index >= 15 is 0 Å². The molecular weight excluding hydrogens is 368 g/mol. The molecule has 0 unspecified atom stereocenters. The van der Waals surface area contributed by atoms with Crippen LogP contribution in [-0.2, 0) is 12.0 Å². The number of rotatable bonds is 4. The normalized spacial score (nSPS) is 11.7. The average Bonchev–Trinajstić information content (AvgIpc) is 3.07. The SMILES string of the molecule is CCCn1c(=O)[nH]c(=O)c2cc(C(=O)Nc3nnc(C(C)(C)C)s3)cnc21. The lowest BCUT2D eigenvalue weighted by molar-refractivity contribution is 0.102. The number of H-pyrrole nitrogens is 1. The summed E-state index contributed by atoms with van der Waals surface area (Å²) in [6.45, 7) is 8.36. The van der Waals surface area contributed by atoms with Crippen molar-refractivity contribution in [2.75, 3.05) is 5.32 Å². The fourth-order valence-electron chi connectivity index (χ4n) is 2.47. The molecule has 0 saturated heterocycles. The first-order valence-corrected chi connectivity index (χ1v) is 9.30. The molecular formula is C17H20N6O3S. The van der Waals surface area contributed by atoms with Gasteiger partial charge in [-0.25, -0.2) is 9.78 Å². The highest BCUT2D eigenvalue weighted by atomic mass is 32.1. The van der Waals surface area contributed by atoms with Crippen LogP contribution in [0.1, 0.15) is 49.5 Å². The molecule has 0 saturated carbocycles. The molecule has 142 valence electrons. The number of nitrogens with zero attached hydrogens (tertiary/aromatic N) is 4. The number of nitrogens with one attached hydrogen (secondary N) is 2. The van der Waals surface area contributed by atoms with E-state index in [1.807, 2.05) is 27.7 Å². The van der Waals surface area contributed by atoms with Gasteiger partial charge in [-0.1, -0.05) is 39.0 Å². The lowest BCUT2D eigenvalue weighted by Gasteiger charge is -2.12. The molecule has 3 aromatic rings. The minimum atomic E-state index is -0.574. The van der Waals surface area contributed by atoms with Gasteiger partial charge in [0.1, 0.15) is 10.7 Å². The number of aromatic amines is 1. The molecule has 27 heavy (non-hydrogen) atoms. The predicted octanol–water partition coefficient (Wildman–Crippen LogP) is 1.90. The summed E-state index contributed by atoms with van der Waals surface area (Å²) in [4.78, 5) is 43.1. The molecule has 9 nitrogen and oxygen atoms in total. The summed E-state index contributed by atoms with van der Waals surface area (Å²) in [5.41, 5.74) is -0.796. The second-order valence-electron chi connectivity index (χ2n) is 7.12. The van der Waals surface area contributed by atoms with Gasteiger partial charge < -0.3 is 0 Å². The number of amides is 1. The summed E-state index contributed by atoms with van der Waals surface area (Å²) in [7, 11) is 0. The molecule has 1 amide bonds. The number of pyridine rings is 1. The van der Waals surface area contributed by atoms with Crippen LogP contribution in [-0.4, -0.2) is 30.6 Å². The van der Waals surface area contributed by atoms with Crippen LogP contribution in [0.5, 0.6) is 0 Å². The number of hydrogen-bond donors (Lipinski definition) is 2. The molecule has 3 rings (SSSR count). The number of aryl methyl sites for hydroxylation is 1. The summed E-state index contributed by atoms with van der Waals surface area (Å²) >= 11 is 1.29. The topological polar surface area (TPSA) is 123 Å². The predicted molar refractivity (Wildman–Crippen MR) is 103 cm³/mol. The largest absolute Gasteiger partial charge is 0.329 e. The number of anilines is 1. The molecule has 0 aliphatic carbocycles. The quantitative estimate of drug-likeness (QED) is 0.704. The van der Waals surface area contributed by atoms with Crippen molar-refractivity contribution in [2.24, 2.45) is 0 Å². The first-order valence-electron chi connectivity index (χ1n) is 8.49. The summed E-state index contributed by atoms with van der Waals surface area (Å²) in [6, 6.07) is 1.42. The van der Waals surface area contributed by atoms with Gasteiger partial charge in [0.25, 0.3) is 11.5 Å². The Labute approximate surface area is 158 Å². The number of fused-ring (bicyclic) bond motifs is 1. The third-order valence-corrected chi connectivity index (χ3v) is 5.09. The highest BCUT2D eigenvalue weighted by Gasteiger charge is 2.20. The molecule has 0 aliphatic heterocycles. The second kappa shape index (κ2) is 7.03. The highest BCUT2D eigenvalue weighted by molar-refractivity contribution is 7.15. The van der Waals surface area contributed by atoms with Crippen molar-refractivity contribution in [2.45, 2.75) is 46.1 Å². The van der Waals surface area contributed by atoms with Crippen molar-refractivity contribution in [3.8, 4) is 0 Å². The molecule has 0 aliphatic rings. The molecule has 3 heterocycles. The molecule has 2 N–H and O–H groups in total. The van der Waals surface area contributed by atoms with E-state index in [0.717, 1.165) is 5.01 Å². The molecule has 10 heteroatoms. The van der Waals surface area contributed by atoms with E-state index in [0.29, 0.717) is 18.1 Å². The zero-order valence-corrected chi connectivity index (χ0v) is 16.3. The van der Waals surface area contributed by atoms with Crippen LogP contribution in [0.4, 0.5) is 5.13 Å². The van der Waals surface area contributed by atoms with Crippen LogP contribution in [0.2, 0.25) is 0 Å². The van der Waals surface area contributed by atoms with Crippen LogP contribution >= 0.6 is 11.3 Å². The van der Waals surface area contributed by atoms with Crippen LogP contribution in [0, 0.1) is 0 Å². The smallest absolute Gasteiger partial charge is 0.296 e. The van der Waals surface area contributed by atoms with Crippen LogP contribution in [0.15, 0.2) is 21.9 Å². The van der Waals surface area contributed by atoms with Gasteiger partial charge in [0.15, 0.2) is 0 Å². The molecule has 0 fully saturated rings. The van der Waals surface area contributed by atoms with Gasteiger partial charge in [0, 0.05) is 18.2 Å². The lowest BCUT2D eigenvalue weighted by Crippen LogP contribution is -2.31. The summed E-state index contributed by atoms with van der Waals surface area (Å²) in [6.07, 6.45) is 2.05. The summed E-state index contributed by atoms with van der Waals surface area (Å²) in [5.74, 6) is -0.450. The van der Waals surface area contributed by atoms with E-state index in [-0.39, 0.29) is 22.0 Å². The molecule has 0 spiro atoms. The van der Waals surface area contributed by atoms with Crippen LogP contribution in [0.25, 0.3) is 11.0 Å². The number of aromatic nitrogens is 5. The average molecular weight is 388 g/mol. The van der Waals surface area contributed by atoms with E-state index in [1.165, 1.54) is 28.2 Å². The number of carbonyl (C=O) groups is 1. The molecule has 0 bridgehead atoms. The minimum absolute atomic E-state index is 0.165. The van der Waals surface area contributed by atoms with Gasteiger partial charge in [-0.15, -0.1) is 10.2 Å². The van der Waals surface area contributed by atoms with Gasteiger partial charge in [0.05, 0.1) is 10.9 Å². The van der Waals surface area contributed by atoms with Crippen molar-refractivity contribution in [3.63, 3.8) is 0 Å². The number of hydrogen-bond acceptors (Lipinski definition) is 7. The van der Waals surface area contributed by atoms with Gasteiger partial charge in [0.2, 0.25) is 5.13 Å². The molecule has 3 aromatic heterocycles. The zero-order valence-electron chi connectivity index (χ0n) is 15.5. The second-order valence-corrected chi connectivity index (χ2v) is 8.10. The summed E-state index contributed by atoms with van der Waals surface area (Å²) < 4.78 is 1.39. The zero-order chi connectivity index (χ0) is 19.8. The van der Waals surface area contributed by atoms with E-state index in [9.17, 15) is 14.4 Å². The Bertz CT molecular complexity index is 1120.